The molecule has 0 radical (unpaired) electrons. The van der Waals surface area contributed by atoms with Crippen LogP contribution >= 0.6 is 11.8 Å². The molecule has 1 N–H and O–H groups in total. The standard InChI is InChI=1S/C51H45N3O7S2/c1-4-52-41(38-9-6-8-35-30(3)12-21-43(52)49(35)38)22-19-36-32-15-16-33(29-32)37(51(36)62-34-17-13-31(14-18-34)28-48(57)61-54-46(55)26-27-47(54)56)20-23-42-39-10-7-11-40-45(63(58,59)60)25-24-44(50(39)40)53(42)5-2/h6-14,17-25,32-33H,4-5,15-16,26-29H2,1-3H3/p+1. The first-order valence-electron chi connectivity index (χ1n) is 21.6. The Morgan fingerprint density at radius 2 is 1.59 bits per heavy atom. The maximum Gasteiger partial charge on any atom is 0.337 e. The Bertz CT molecular complexity index is 3250. The van der Waals surface area contributed by atoms with Crippen molar-refractivity contribution in [2.45, 2.75) is 75.6 Å². The first kappa shape index (κ1) is 41.0. The number of imide groups is 1. The third kappa shape index (κ3) is 7.04. The largest absolute Gasteiger partial charge is 0.341 e. The smallest absolute Gasteiger partial charge is 0.337 e. The molecule has 2 bridgehead atoms. The number of thioether (sulfide) groups is 1. The fraction of sp³-hybridized carbons (Fsp3) is 0.255. The molecule has 3 heterocycles. The van der Waals surface area contributed by atoms with Crippen LogP contribution in [0.5, 0.6) is 0 Å². The number of fused-ring (bicyclic) bond motifs is 2. The molecule has 318 valence electrons. The first-order valence-corrected chi connectivity index (χ1v) is 23.8. The van der Waals surface area contributed by atoms with E-state index in [-0.39, 0.29) is 24.2 Å². The summed E-state index contributed by atoms with van der Waals surface area (Å²) < 4.78 is 39.6. The maximum atomic E-state index is 12.8. The molecule has 0 spiro atoms. The van der Waals surface area contributed by atoms with E-state index >= 15 is 0 Å². The van der Waals surface area contributed by atoms with Gasteiger partial charge in [0.2, 0.25) is 11.4 Å². The summed E-state index contributed by atoms with van der Waals surface area (Å²) in [6.07, 6.45) is 12.2. The first-order chi connectivity index (χ1) is 30.4. The van der Waals surface area contributed by atoms with E-state index in [1.165, 1.54) is 55.4 Å². The zero-order chi connectivity index (χ0) is 43.7. The van der Waals surface area contributed by atoms with E-state index in [1.807, 2.05) is 36.4 Å². The molecular formula is C51H46N3O7S2+. The van der Waals surface area contributed by atoms with Crippen molar-refractivity contribution in [1.29, 1.82) is 0 Å². The minimum atomic E-state index is -4.44. The van der Waals surface area contributed by atoms with E-state index in [4.69, 9.17) is 4.84 Å². The highest BCUT2D eigenvalue weighted by Gasteiger charge is 2.38. The summed E-state index contributed by atoms with van der Waals surface area (Å²) in [4.78, 5) is 44.1. The van der Waals surface area contributed by atoms with Crippen molar-refractivity contribution in [3.05, 3.63) is 141 Å². The van der Waals surface area contributed by atoms with Crippen molar-refractivity contribution in [3.8, 4) is 0 Å². The topological polar surface area (TPSA) is 126 Å². The molecule has 6 aromatic rings. The van der Waals surface area contributed by atoms with Gasteiger partial charge in [-0.3, -0.25) is 14.1 Å². The van der Waals surface area contributed by atoms with Crippen LogP contribution in [0.4, 0.5) is 5.69 Å². The van der Waals surface area contributed by atoms with Crippen LogP contribution in [0, 0.1) is 18.8 Å². The molecule has 10 nitrogen and oxygen atoms in total. The molecule has 2 aliphatic carbocycles. The van der Waals surface area contributed by atoms with Gasteiger partial charge in [0.1, 0.15) is 11.4 Å². The monoisotopic (exact) mass is 876 g/mol. The molecule has 2 unspecified atom stereocenters. The fourth-order valence-electron chi connectivity index (χ4n) is 10.3. The Morgan fingerprint density at radius 3 is 2.33 bits per heavy atom. The van der Waals surface area contributed by atoms with E-state index in [0.717, 1.165) is 52.3 Å². The Balaban J connectivity index is 1.08. The number of hydrogen-bond donors (Lipinski definition) is 1. The predicted molar refractivity (Wildman–Crippen MR) is 246 cm³/mol. The van der Waals surface area contributed by atoms with Crippen molar-refractivity contribution >= 4 is 89.6 Å². The molecule has 5 aromatic carbocycles. The number of benzene rings is 5. The van der Waals surface area contributed by atoms with E-state index in [2.05, 4.69) is 84.5 Å². The third-order valence-corrected chi connectivity index (χ3v) is 15.3. The molecule has 2 aliphatic heterocycles. The second kappa shape index (κ2) is 15.9. The van der Waals surface area contributed by atoms with Crippen LogP contribution in [0.15, 0.2) is 129 Å². The Labute approximate surface area is 369 Å². The third-order valence-electron chi connectivity index (χ3n) is 13.2. The second-order valence-electron chi connectivity index (χ2n) is 16.8. The fourth-order valence-corrected chi connectivity index (χ4v) is 12.2. The SMILES string of the molecule is CCn1/c(=C\C=C2C(Sc3ccc(CC(=O)ON4C(=O)CCC4=O)cc3)=C(/C=C/C3=[N+](CC)c4ccc(C)c5cccc3c45)C3CCC\2C3)c2cccc3c(S(=O)(=O)O)ccc1c32. The van der Waals surface area contributed by atoms with Gasteiger partial charge in [-0.15, -0.1) is 5.06 Å². The summed E-state index contributed by atoms with van der Waals surface area (Å²) in [5.74, 6) is -0.975. The number of hydroxylamine groups is 2. The molecule has 12 heteroatoms. The highest BCUT2D eigenvalue weighted by atomic mass is 32.2. The number of aryl methyl sites for hydroxylation is 2. The Kier molecular flexibility index (Phi) is 10.4. The molecule has 1 aromatic heterocycles. The lowest BCUT2D eigenvalue weighted by Crippen LogP contribution is -2.32. The minimum Gasteiger partial charge on any atom is -0.341 e. The number of carbonyl (C=O) groups excluding carboxylic acids is 3. The summed E-state index contributed by atoms with van der Waals surface area (Å²) >= 11 is 1.72. The zero-order valence-corrected chi connectivity index (χ0v) is 36.9. The van der Waals surface area contributed by atoms with Crippen molar-refractivity contribution < 1.29 is 36.8 Å². The lowest BCUT2D eigenvalue weighted by Gasteiger charge is -2.27. The molecule has 10 rings (SSSR count). The highest BCUT2D eigenvalue weighted by molar-refractivity contribution is 8.03. The number of hydrogen-bond acceptors (Lipinski definition) is 7. The maximum absolute atomic E-state index is 12.8. The van der Waals surface area contributed by atoms with Gasteiger partial charge in [0.15, 0.2) is 0 Å². The zero-order valence-electron chi connectivity index (χ0n) is 35.3. The normalized spacial score (nSPS) is 19.8. The second-order valence-corrected chi connectivity index (χ2v) is 19.2. The average molecular weight is 877 g/mol. The lowest BCUT2D eigenvalue weighted by molar-refractivity contribution is -0.430. The van der Waals surface area contributed by atoms with Crippen molar-refractivity contribution in [1.82, 2.24) is 9.63 Å². The molecular weight excluding hydrogens is 831 g/mol. The van der Waals surface area contributed by atoms with Gasteiger partial charge in [-0.2, -0.15) is 13.0 Å². The van der Waals surface area contributed by atoms with Crippen LogP contribution in [0.3, 0.4) is 0 Å². The number of amides is 2. The Morgan fingerprint density at radius 1 is 0.857 bits per heavy atom. The molecule has 4 aliphatic rings. The van der Waals surface area contributed by atoms with Gasteiger partial charge in [0.25, 0.3) is 21.9 Å². The number of allylic oxidation sites excluding steroid dienone is 5. The van der Waals surface area contributed by atoms with E-state index < -0.39 is 27.9 Å². The van der Waals surface area contributed by atoms with E-state index in [0.29, 0.717) is 34.4 Å². The van der Waals surface area contributed by atoms with Crippen molar-refractivity contribution in [3.63, 3.8) is 0 Å². The molecule has 2 fully saturated rings. The molecule has 63 heavy (non-hydrogen) atoms. The van der Waals surface area contributed by atoms with Gasteiger partial charge in [0, 0.05) is 68.4 Å². The van der Waals surface area contributed by atoms with Crippen LogP contribution in [0.25, 0.3) is 38.5 Å². The minimum absolute atomic E-state index is 0.0402. The summed E-state index contributed by atoms with van der Waals surface area (Å²) in [6.45, 7) is 7.93. The average Bonchev–Trinajstić information content (AvgIpc) is 4.02. The molecule has 2 amide bonds. The number of rotatable bonds is 11. The quantitative estimate of drug-likeness (QED) is 0.0776. The lowest BCUT2D eigenvalue weighted by atomic mass is 9.84. The summed E-state index contributed by atoms with van der Waals surface area (Å²) in [7, 11) is -4.44. The summed E-state index contributed by atoms with van der Waals surface area (Å²) in [5.41, 5.74) is 9.05. The molecule has 1 saturated heterocycles. The van der Waals surface area contributed by atoms with E-state index in [1.54, 1.807) is 23.9 Å². The highest BCUT2D eigenvalue weighted by Crippen LogP contribution is 2.53. The van der Waals surface area contributed by atoms with Gasteiger partial charge in [-0.1, -0.05) is 72.4 Å². The summed E-state index contributed by atoms with van der Waals surface area (Å²) in [5, 5.41) is 6.33. The molecule has 1 saturated carbocycles. The van der Waals surface area contributed by atoms with Gasteiger partial charge in [-0.05, 0) is 116 Å². The number of nitrogens with zero attached hydrogens (tertiary/aromatic N) is 3. The van der Waals surface area contributed by atoms with Gasteiger partial charge < -0.3 is 9.40 Å². The van der Waals surface area contributed by atoms with E-state index in [9.17, 15) is 27.4 Å². The molecule has 2 atom stereocenters. The van der Waals surface area contributed by atoms with Crippen LogP contribution in [0.2, 0.25) is 0 Å². The Hall–Kier alpha value is -6.08. The van der Waals surface area contributed by atoms with Crippen LogP contribution in [-0.2, 0) is 42.3 Å². The van der Waals surface area contributed by atoms with Crippen LogP contribution in [0.1, 0.15) is 62.6 Å². The van der Waals surface area contributed by atoms with Crippen molar-refractivity contribution in [2.24, 2.45) is 11.8 Å². The van der Waals surface area contributed by atoms with Gasteiger partial charge >= 0.3 is 5.97 Å². The number of carbonyl (C=O) groups is 3. The summed E-state index contributed by atoms with van der Waals surface area (Å²) in [6, 6.07) is 27.7. The van der Waals surface area contributed by atoms with Crippen molar-refractivity contribution in [2.75, 3.05) is 6.54 Å². The number of aromatic nitrogens is 1. The van der Waals surface area contributed by atoms with Gasteiger partial charge in [-0.25, -0.2) is 4.79 Å². The van der Waals surface area contributed by atoms with Crippen LogP contribution < -0.4 is 5.35 Å². The van der Waals surface area contributed by atoms with Crippen LogP contribution in [-0.4, -0.2) is 57.2 Å². The van der Waals surface area contributed by atoms with Gasteiger partial charge in [0.05, 0.1) is 17.4 Å². The predicted octanol–water partition coefficient (Wildman–Crippen LogP) is 9.30.